The number of nitrogens with zero attached hydrogens (tertiary/aromatic N) is 1. The molecule has 21 heavy (non-hydrogen) atoms. The summed E-state index contributed by atoms with van der Waals surface area (Å²) in [5.74, 6) is 0. The molecule has 1 aliphatic carbocycles. The van der Waals surface area contributed by atoms with E-state index in [9.17, 15) is 23.6 Å². The fourth-order valence-electron chi connectivity index (χ4n) is 2.51. The SMILES string of the molecule is Cc1ccc([N+](=O)[O-])cc1S(=O)(=O)NCC1(O)CCCC1. The lowest BCUT2D eigenvalue weighted by molar-refractivity contribution is -0.385. The zero-order chi connectivity index (χ0) is 15.7. The van der Waals surface area contributed by atoms with Crippen LogP contribution >= 0.6 is 0 Å². The predicted octanol–water partition coefficient (Wildman–Crippen LogP) is 1.49. The van der Waals surface area contributed by atoms with E-state index in [4.69, 9.17) is 0 Å². The largest absolute Gasteiger partial charge is 0.389 e. The summed E-state index contributed by atoms with van der Waals surface area (Å²) in [5.41, 5.74) is -0.867. The minimum absolute atomic E-state index is 0.0720. The second-order valence-corrected chi connectivity index (χ2v) is 7.20. The zero-order valence-electron chi connectivity index (χ0n) is 11.7. The van der Waals surface area contributed by atoms with E-state index in [0.29, 0.717) is 18.4 Å². The van der Waals surface area contributed by atoms with Gasteiger partial charge in [0.05, 0.1) is 15.4 Å². The molecule has 0 atom stereocenters. The van der Waals surface area contributed by atoms with Crippen molar-refractivity contribution in [1.29, 1.82) is 0 Å². The molecule has 0 bridgehead atoms. The molecule has 8 heteroatoms. The molecule has 7 nitrogen and oxygen atoms in total. The number of hydrogen-bond donors (Lipinski definition) is 2. The van der Waals surface area contributed by atoms with Crippen LogP contribution in [0, 0.1) is 17.0 Å². The number of rotatable bonds is 5. The Morgan fingerprint density at radius 1 is 1.38 bits per heavy atom. The Labute approximate surface area is 123 Å². The van der Waals surface area contributed by atoms with E-state index in [1.807, 2.05) is 0 Å². The summed E-state index contributed by atoms with van der Waals surface area (Å²) in [6, 6.07) is 3.70. The zero-order valence-corrected chi connectivity index (χ0v) is 12.5. The molecule has 1 fully saturated rings. The van der Waals surface area contributed by atoms with Crippen LogP contribution in [0.4, 0.5) is 5.69 Å². The molecule has 0 saturated heterocycles. The molecule has 0 amide bonds. The van der Waals surface area contributed by atoms with Crippen LogP contribution in [0.1, 0.15) is 31.2 Å². The monoisotopic (exact) mass is 314 g/mol. The van der Waals surface area contributed by atoms with E-state index >= 15 is 0 Å². The Hall–Kier alpha value is -1.51. The number of nitrogens with one attached hydrogen (secondary N) is 1. The lowest BCUT2D eigenvalue weighted by Crippen LogP contribution is -2.40. The molecule has 0 aliphatic heterocycles. The second kappa shape index (κ2) is 5.70. The standard InChI is InChI=1S/C13H18N2O5S/c1-10-4-5-11(15(17)18)8-12(10)21(19,20)14-9-13(16)6-2-3-7-13/h4-5,8,14,16H,2-3,6-7,9H2,1H3. The maximum Gasteiger partial charge on any atom is 0.270 e. The van der Waals surface area contributed by atoms with Gasteiger partial charge in [-0.15, -0.1) is 0 Å². The van der Waals surface area contributed by atoms with E-state index in [1.165, 1.54) is 12.1 Å². The van der Waals surface area contributed by atoms with Crippen molar-refractivity contribution in [2.45, 2.75) is 43.1 Å². The lowest BCUT2D eigenvalue weighted by atomic mass is 10.0. The average molecular weight is 314 g/mol. The smallest absolute Gasteiger partial charge is 0.270 e. The van der Waals surface area contributed by atoms with Crippen LogP contribution in [0.25, 0.3) is 0 Å². The van der Waals surface area contributed by atoms with Crippen LogP contribution in [0.5, 0.6) is 0 Å². The van der Waals surface area contributed by atoms with Crippen molar-refractivity contribution in [3.05, 3.63) is 33.9 Å². The fourth-order valence-corrected chi connectivity index (χ4v) is 3.89. The van der Waals surface area contributed by atoms with Gasteiger partial charge in [-0.25, -0.2) is 13.1 Å². The Morgan fingerprint density at radius 3 is 2.57 bits per heavy atom. The Balaban J connectivity index is 2.23. The normalized spacial score (nSPS) is 17.8. The second-order valence-electron chi connectivity index (χ2n) is 5.46. The van der Waals surface area contributed by atoms with E-state index in [1.54, 1.807) is 6.92 Å². The molecule has 0 spiro atoms. The third-order valence-corrected chi connectivity index (χ3v) is 5.34. The van der Waals surface area contributed by atoms with Gasteiger partial charge < -0.3 is 5.11 Å². The molecular weight excluding hydrogens is 296 g/mol. The van der Waals surface area contributed by atoms with Gasteiger partial charge in [0.25, 0.3) is 5.69 Å². The van der Waals surface area contributed by atoms with Crippen molar-refractivity contribution < 1.29 is 18.4 Å². The van der Waals surface area contributed by atoms with Crippen molar-refractivity contribution in [1.82, 2.24) is 4.72 Å². The first-order chi connectivity index (χ1) is 9.73. The summed E-state index contributed by atoms with van der Waals surface area (Å²) < 4.78 is 26.9. The number of nitro groups is 1. The van der Waals surface area contributed by atoms with Crippen LogP contribution in [-0.2, 0) is 10.0 Å². The molecule has 0 unspecified atom stereocenters. The van der Waals surface area contributed by atoms with E-state index < -0.39 is 20.5 Å². The predicted molar refractivity (Wildman–Crippen MR) is 76.4 cm³/mol. The molecule has 1 saturated carbocycles. The molecule has 1 aliphatic rings. The number of benzene rings is 1. The average Bonchev–Trinajstić information content (AvgIpc) is 2.84. The van der Waals surface area contributed by atoms with Crippen LogP contribution in [0.3, 0.4) is 0 Å². The van der Waals surface area contributed by atoms with Gasteiger partial charge in [0.2, 0.25) is 10.0 Å². The number of aryl methyl sites for hydroxylation is 1. The summed E-state index contributed by atoms with van der Waals surface area (Å²) in [6.07, 6.45) is 2.86. The topological polar surface area (TPSA) is 110 Å². The lowest BCUT2D eigenvalue weighted by Gasteiger charge is -2.22. The highest BCUT2D eigenvalue weighted by molar-refractivity contribution is 7.89. The molecule has 1 aromatic carbocycles. The Bertz CT molecular complexity index is 651. The van der Waals surface area contributed by atoms with Gasteiger partial charge in [-0.05, 0) is 25.3 Å². The number of nitro benzene ring substituents is 1. The van der Waals surface area contributed by atoms with Crippen molar-refractivity contribution >= 4 is 15.7 Å². The van der Waals surface area contributed by atoms with Gasteiger partial charge in [-0.2, -0.15) is 0 Å². The van der Waals surface area contributed by atoms with Gasteiger partial charge in [0.15, 0.2) is 0 Å². The molecule has 1 aromatic rings. The van der Waals surface area contributed by atoms with Gasteiger partial charge in [-0.3, -0.25) is 10.1 Å². The van der Waals surface area contributed by atoms with Crippen molar-refractivity contribution in [2.75, 3.05) is 6.54 Å². The number of aliphatic hydroxyl groups is 1. The molecule has 116 valence electrons. The minimum Gasteiger partial charge on any atom is -0.389 e. The first kappa shape index (κ1) is 15.9. The maximum atomic E-state index is 12.3. The highest BCUT2D eigenvalue weighted by atomic mass is 32.2. The quantitative estimate of drug-likeness (QED) is 0.632. The summed E-state index contributed by atoms with van der Waals surface area (Å²) >= 11 is 0. The molecule has 2 N–H and O–H groups in total. The molecule has 0 radical (unpaired) electrons. The third-order valence-electron chi connectivity index (χ3n) is 3.80. The number of hydrogen-bond acceptors (Lipinski definition) is 5. The van der Waals surface area contributed by atoms with Crippen LogP contribution in [0.2, 0.25) is 0 Å². The van der Waals surface area contributed by atoms with Crippen LogP contribution in [-0.4, -0.2) is 30.6 Å². The number of sulfonamides is 1. The number of non-ortho nitro benzene ring substituents is 1. The van der Waals surface area contributed by atoms with Gasteiger partial charge >= 0.3 is 0 Å². The van der Waals surface area contributed by atoms with Gasteiger partial charge in [0, 0.05) is 18.7 Å². The van der Waals surface area contributed by atoms with Crippen LogP contribution < -0.4 is 4.72 Å². The summed E-state index contributed by atoms with van der Waals surface area (Å²) in [6.45, 7) is 1.50. The highest BCUT2D eigenvalue weighted by Crippen LogP contribution is 2.29. The highest BCUT2D eigenvalue weighted by Gasteiger charge is 2.33. The first-order valence-electron chi connectivity index (χ1n) is 6.71. The van der Waals surface area contributed by atoms with Crippen molar-refractivity contribution in [3.8, 4) is 0 Å². The van der Waals surface area contributed by atoms with Gasteiger partial charge in [-0.1, -0.05) is 18.9 Å². The van der Waals surface area contributed by atoms with E-state index in [2.05, 4.69) is 4.72 Å². The molecule has 0 aromatic heterocycles. The molecule has 2 rings (SSSR count). The first-order valence-corrected chi connectivity index (χ1v) is 8.19. The molecule has 0 heterocycles. The minimum atomic E-state index is -3.89. The summed E-state index contributed by atoms with van der Waals surface area (Å²) in [7, 11) is -3.89. The van der Waals surface area contributed by atoms with Crippen molar-refractivity contribution in [2.24, 2.45) is 0 Å². The summed E-state index contributed by atoms with van der Waals surface area (Å²) in [4.78, 5) is 10.00. The Morgan fingerprint density at radius 2 is 2.00 bits per heavy atom. The third kappa shape index (κ3) is 3.58. The maximum absolute atomic E-state index is 12.3. The Kier molecular flexibility index (Phi) is 4.31. The van der Waals surface area contributed by atoms with Crippen molar-refractivity contribution in [3.63, 3.8) is 0 Å². The van der Waals surface area contributed by atoms with Gasteiger partial charge in [0.1, 0.15) is 0 Å². The van der Waals surface area contributed by atoms with E-state index in [-0.39, 0.29) is 17.1 Å². The molecular formula is C13H18N2O5S. The van der Waals surface area contributed by atoms with Crippen LogP contribution in [0.15, 0.2) is 23.1 Å². The fraction of sp³-hybridized carbons (Fsp3) is 0.538. The van der Waals surface area contributed by atoms with E-state index in [0.717, 1.165) is 18.9 Å². The summed E-state index contributed by atoms with van der Waals surface area (Å²) in [5, 5.41) is 20.9.